The van der Waals surface area contributed by atoms with Gasteiger partial charge < -0.3 is 28.7 Å². The van der Waals surface area contributed by atoms with Crippen LogP contribution in [0.4, 0.5) is 0 Å². The van der Waals surface area contributed by atoms with E-state index in [2.05, 4.69) is 10.3 Å². The maximum Gasteiger partial charge on any atom is 0.295 e. The molecule has 0 spiro atoms. The van der Waals surface area contributed by atoms with Crippen molar-refractivity contribution >= 4 is 28.7 Å². The van der Waals surface area contributed by atoms with E-state index in [1.54, 1.807) is 39.2 Å². The third kappa shape index (κ3) is 4.38. The highest BCUT2D eigenvalue weighted by Crippen LogP contribution is 2.40. The van der Waals surface area contributed by atoms with Gasteiger partial charge in [0.15, 0.2) is 11.3 Å². The summed E-state index contributed by atoms with van der Waals surface area (Å²) >= 11 is 0. The summed E-state index contributed by atoms with van der Waals surface area (Å²) in [5.74, 6) is -0.872. The molecule has 1 aliphatic heterocycles. The van der Waals surface area contributed by atoms with Crippen LogP contribution in [0.15, 0.2) is 69.8 Å². The summed E-state index contributed by atoms with van der Waals surface area (Å²) in [6.07, 6.45) is 3.00. The quantitative estimate of drug-likeness (QED) is 0.416. The number of ether oxygens (including phenoxy) is 1. The molecule has 1 N–H and O–H groups in total. The normalized spacial score (nSPS) is 17.9. The Kier molecular flexibility index (Phi) is 6.40. The molecule has 0 bridgehead atoms. The third-order valence-corrected chi connectivity index (χ3v) is 6.78. The molecule has 0 saturated carbocycles. The van der Waals surface area contributed by atoms with E-state index in [-0.39, 0.29) is 36.6 Å². The third-order valence-electron chi connectivity index (χ3n) is 6.78. The van der Waals surface area contributed by atoms with Crippen molar-refractivity contribution in [3.8, 4) is 17.2 Å². The molecule has 3 amide bonds. The lowest BCUT2D eigenvalue weighted by Crippen LogP contribution is -2.63. The predicted molar refractivity (Wildman–Crippen MR) is 138 cm³/mol. The number of carbonyl (C=O) groups excluding carboxylic acids is 3. The number of furan rings is 1. The van der Waals surface area contributed by atoms with E-state index in [0.29, 0.717) is 22.4 Å². The topological polar surface area (TPSA) is 118 Å². The number of nitrogens with zero attached hydrogens (tertiary/aromatic N) is 3. The molecular weight excluding hydrogens is 488 g/mol. The fourth-order valence-electron chi connectivity index (χ4n) is 4.38. The maximum atomic E-state index is 13.9. The Bertz CT molecular complexity index is 1490. The number of hydrogen-bond donors (Lipinski definition) is 1. The maximum absolute atomic E-state index is 13.9. The van der Waals surface area contributed by atoms with E-state index in [1.807, 2.05) is 37.3 Å². The lowest BCUT2D eigenvalue weighted by atomic mass is 9.97. The second kappa shape index (κ2) is 9.70. The van der Waals surface area contributed by atoms with Crippen molar-refractivity contribution in [1.29, 1.82) is 0 Å². The molecule has 0 saturated heterocycles. The van der Waals surface area contributed by atoms with E-state index in [1.165, 1.54) is 22.3 Å². The van der Waals surface area contributed by atoms with Crippen LogP contribution < -0.4 is 10.1 Å². The van der Waals surface area contributed by atoms with Crippen molar-refractivity contribution in [2.75, 3.05) is 27.2 Å². The highest BCUT2D eigenvalue weighted by atomic mass is 16.5. The summed E-state index contributed by atoms with van der Waals surface area (Å²) in [6, 6.07) is 14.4. The van der Waals surface area contributed by atoms with Gasteiger partial charge in [-0.15, -0.1) is 0 Å². The van der Waals surface area contributed by atoms with E-state index in [0.717, 1.165) is 5.56 Å². The van der Waals surface area contributed by atoms with Gasteiger partial charge in [0.1, 0.15) is 25.0 Å². The average Bonchev–Trinajstić information content (AvgIpc) is 3.56. The fraction of sp³-hybridized carbons (Fsp3) is 0.286. The van der Waals surface area contributed by atoms with Crippen LogP contribution in [-0.2, 0) is 9.59 Å². The molecule has 10 heteroatoms. The van der Waals surface area contributed by atoms with Crippen LogP contribution in [0.3, 0.4) is 0 Å². The van der Waals surface area contributed by atoms with Crippen LogP contribution in [-0.4, -0.2) is 65.3 Å². The first-order valence-electron chi connectivity index (χ1n) is 12.2. The smallest absolute Gasteiger partial charge is 0.295 e. The number of benzene rings is 2. The van der Waals surface area contributed by atoms with Crippen LogP contribution in [0.1, 0.15) is 36.0 Å². The molecule has 1 unspecified atom stereocenters. The van der Waals surface area contributed by atoms with Gasteiger partial charge in [-0.05, 0) is 37.6 Å². The number of nitrogens with one attached hydrogen (secondary N) is 1. The molecule has 1 aliphatic rings. The molecule has 0 aliphatic carbocycles. The van der Waals surface area contributed by atoms with Crippen molar-refractivity contribution in [3.05, 3.63) is 72.3 Å². The van der Waals surface area contributed by atoms with Crippen molar-refractivity contribution in [2.24, 2.45) is 0 Å². The predicted octanol–water partition coefficient (Wildman–Crippen LogP) is 3.65. The zero-order chi connectivity index (χ0) is 27.0. The van der Waals surface area contributed by atoms with E-state index < -0.39 is 17.4 Å². The Balaban J connectivity index is 1.52. The number of hydrogen-bond acceptors (Lipinski definition) is 7. The van der Waals surface area contributed by atoms with Crippen molar-refractivity contribution in [2.45, 2.75) is 25.4 Å². The molecular formula is C28H28N4O6. The van der Waals surface area contributed by atoms with Crippen molar-refractivity contribution < 1.29 is 28.0 Å². The molecule has 2 aromatic heterocycles. The highest BCUT2D eigenvalue weighted by Gasteiger charge is 2.49. The van der Waals surface area contributed by atoms with Gasteiger partial charge in [-0.1, -0.05) is 30.3 Å². The van der Waals surface area contributed by atoms with E-state index in [9.17, 15) is 14.4 Å². The second-order valence-corrected chi connectivity index (χ2v) is 9.66. The minimum Gasteiger partial charge on any atom is -0.486 e. The summed E-state index contributed by atoms with van der Waals surface area (Å²) in [6.45, 7) is 2.93. The van der Waals surface area contributed by atoms with Gasteiger partial charge in [-0.3, -0.25) is 14.4 Å². The van der Waals surface area contributed by atoms with Crippen molar-refractivity contribution in [3.63, 3.8) is 0 Å². The summed E-state index contributed by atoms with van der Waals surface area (Å²) in [5, 5.41) is 3.54. The highest BCUT2D eigenvalue weighted by molar-refractivity contribution is 6.06. The van der Waals surface area contributed by atoms with Crippen LogP contribution in [0.25, 0.3) is 22.4 Å². The lowest BCUT2D eigenvalue weighted by Gasteiger charge is -2.38. The van der Waals surface area contributed by atoms with E-state index in [4.69, 9.17) is 13.6 Å². The Morgan fingerprint density at radius 3 is 2.63 bits per heavy atom. The van der Waals surface area contributed by atoms with Gasteiger partial charge in [-0.25, -0.2) is 4.98 Å². The summed E-state index contributed by atoms with van der Waals surface area (Å²) in [7, 11) is 3.18. The standard InChI is InChI=1S/C28H28N4O6/c1-17(18-8-6-5-7-9-18)30-27(35)28(2)16-37-23-20-11-10-19(25-29-12-13-36-25)14-21(20)38-24(23)26(34)32(28)15-22(33)31(3)4/h5-14,17H,15-16H2,1-4H3,(H,30,35)/t17?,28-/m1/s1. The van der Waals surface area contributed by atoms with Gasteiger partial charge in [0.25, 0.3) is 5.91 Å². The Morgan fingerprint density at radius 1 is 1.18 bits per heavy atom. The Labute approximate surface area is 219 Å². The first-order valence-corrected chi connectivity index (χ1v) is 12.2. The first kappa shape index (κ1) is 25.1. The fourth-order valence-corrected chi connectivity index (χ4v) is 4.38. The molecule has 2 atom stereocenters. The largest absolute Gasteiger partial charge is 0.486 e. The molecule has 0 radical (unpaired) electrons. The van der Waals surface area contributed by atoms with E-state index >= 15 is 0 Å². The molecule has 2 aromatic carbocycles. The number of likely N-dealkylation sites (N-methyl/N-ethyl adjacent to an activating group) is 1. The summed E-state index contributed by atoms with van der Waals surface area (Å²) in [5.41, 5.74) is 0.458. The SMILES string of the molecule is CC(NC(=O)[C@@]1(C)COc2c(oc3cc(-c4ncco4)ccc23)C(=O)N1CC(=O)N(C)C)c1ccccc1. The van der Waals surface area contributed by atoms with Crippen LogP contribution in [0, 0.1) is 0 Å². The average molecular weight is 517 g/mol. The minimum atomic E-state index is -1.50. The number of rotatable bonds is 6. The summed E-state index contributed by atoms with van der Waals surface area (Å²) in [4.78, 5) is 47.2. The molecule has 3 heterocycles. The number of amides is 3. The molecule has 38 heavy (non-hydrogen) atoms. The number of aromatic nitrogens is 1. The van der Waals surface area contributed by atoms with Crippen LogP contribution >= 0.6 is 0 Å². The monoisotopic (exact) mass is 516 g/mol. The van der Waals surface area contributed by atoms with Gasteiger partial charge in [0.05, 0.1) is 17.6 Å². The lowest BCUT2D eigenvalue weighted by molar-refractivity contribution is -0.137. The van der Waals surface area contributed by atoms with Gasteiger partial charge in [0.2, 0.25) is 23.5 Å². The number of oxazole rings is 1. The van der Waals surface area contributed by atoms with Gasteiger partial charge in [-0.2, -0.15) is 0 Å². The summed E-state index contributed by atoms with van der Waals surface area (Å²) < 4.78 is 17.5. The Morgan fingerprint density at radius 2 is 1.95 bits per heavy atom. The van der Waals surface area contributed by atoms with Crippen LogP contribution in [0.5, 0.6) is 5.75 Å². The van der Waals surface area contributed by atoms with Crippen molar-refractivity contribution in [1.82, 2.24) is 20.1 Å². The first-order chi connectivity index (χ1) is 18.2. The molecule has 10 nitrogen and oxygen atoms in total. The second-order valence-electron chi connectivity index (χ2n) is 9.66. The van der Waals surface area contributed by atoms with Gasteiger partial charge >= 0.3 is 0 Å². The number of carbonyl (C=O) groups is 3. The molecule has 196 valence electrons. The van der Waals surface area contributed by atoms with Crippen LogP contribution in [0.2, 0.25) is 0 Å². The Hall–Kier alpha value is -4.60. The molecule has 5 rings (SSSR count). The minimum absolute atomic E-state index is 0.0799. The zero-order valence-electron chi connectivity index (χ0n) is 21.6. The number of fused-ring (bicyclic) bond motifs is 3. The molecule has 4 aromatic rings. The molecule has 0 fully saturated rings. The van der Waals surface area contributed by atoms with Gasteiger partial charge in [0, 0.05) is 19.7 Å². The zero-order valence-corrected chi connectivity index (χ0v) is 21.6.